The average molecular weight is 394 g/mol. The normalized spacial score (nSPS) is 14.9. The highest BCUT2D eigenvalue weighted by molar-refractivity contribution is 7.94. The van der Waals surface area contributed by atoms with E-state index in [2.05, 4.69) is 4.72 Å². The van der Waals surface area contributed by atoms with Crippen LogP contribution < -0.4 is 14.4 Å². The lowest BCUT2D eigenvalue weighted by molar-refractivity contribution is -0.901. The van der Waals surface area contributed by atoms with Crippen molar-refractivity contribution in [3.05, 3.63) is 52.5 Å². The quantitative estimate of drug-likeness (QED) is 0.783. The van der Waals surface area contributed by atoms with Crippen LogP contribution in [0.25, 0.3) is 4.72 Å². The zero-order valence-corrected chi connectivity index (χ0v) is 16.2. The molecule has 2 aromatic rings. The molecule has 8 heteroatoms. The van der Waals surface area contributed by atoms with Crippen LogP contribution in [0.2, 0.25) is 0 Å². The van der Waals surface area contributed by atoms with Gasteiger partial charge in [-0.2, -0.15) is 0 Å². The fourth-order valence-corrected chi connectivity index (χ4v) is 4.38. The van der Waals surface area contributed by atoms with Crippen molar-refractivity contribution in [2.24, 2.45) is 0 Å². The number of hydrogen-bond acceptors (Lipinski definition) is 4. The van der Waals surface area contributed by atoms with Gasteiger partial charge in [0.1, 0.15) is 22.4 Å². The molecule has 0 radical (unpaired) electrons. The standard InChI is InChI=1S/C19H22FN2O4S/c1-25-17-11-15(20)19(12-18(17)26-2)27(23,24)21-16-8-4-3-7-14(16)13-22-9-5-6-10-22/h3-4,7-8,11-12H,5-6,9-10,13H2,1-2H3/q-1/p+1. The number of nitrogens with zero attached hydrogens (tertiary/aromatic N) is 1. The molecular weight excluding hydrogens is 371 g/mol. The summed E-state index contributed by atoms with van der Waals surface area (Å²) in [5.74, 6) is -0.687. The zero-order chi connectivity index (χ0) is 19.4. The molecule has 0 unspecified atom stereocenters. The molecule has 0 atom stereocenters. The number of sulfonamides is 1. The van der Waals surface area contributed by atoms with Gasteiger partial charge in [0, 0.05) is 25.0 Å². The molecule has 27 heavy (non-hydrogen) atoms. The first-order valence-electron chi connectivity index (χ1n) is 8.75. The van der Waals surface area contributed by atoms with Crippen molar-refractivity contribution in [2.45, 2.75) is 24.3 Å². The fourth-order valence-electron chi connectivity index (χ4n) is 3.28. The Morgan fingerprint density at radius 3 is 2.37 bits per heavy atom. The summed E-state index contributed by atoms with van der Waals surface area (Å²) in [6, 6.07) is 9.17. The lowest BCUT2D eigenvalue weighted by Crippen LogP contribution is -3.08. The summed E-state index contributed by atoms with van der Waals surface area (Å²) in [7, 11) is -1.54. The third-order valence-electron chi connectivity index (χ3n) is 4.68. The van der Waals surface area contributed by atoms with Crippen LogP contribution in [0, 0.1) is 5.82 Å². The van der Waals surface area contributed by atoms with Gasteiger partial charge in [0.2, 0.25) is 0 Å². The van der Waals surface area contributed by atoms with E-state index in [9.17, 15) is 12.8 Å². The summed E-state index contributed by atoms with van der Waals surface area (Å²) in [5, 5.41) is 0. The molecule has 1 N–H and O–H groups in total. The minimum atomic E-state index is -4.25. The Kier molecular flexibility index (Phi) is 5.86. The molecule has 0 amide bonds. The molecule has 1 aliphatic heterocycles. The van der Waals surface area contributed by atoms with Gasteiger partial charge in [-0.3, -0.25) is 0 Å². The van der Waals surface area contributed by atoms with Gasteiger partial charge in [-0.15, -0.1) is 5.69 Å². The lowest BCUT2D eigenvalue weighted by atomic mass is 10.2. The molecule has 1 fully saturated rings. The van der Waals surface area contributed by atoms with Crippen LogP contribution in [0.15, 0.2) is 41.3 Å². The second kappa shape index (κ2) is 8.14. The average Bonchev–Trinajstić information content (AvgIpc) is 3.15. The highest BCUT2D eigenvalue weighted by Gasteiger charge is 2.19. The van der Waals surface area contributed by atoms with Gasteiger partial charge in [-0.25, -0.2) is 12.8 Å². The number of methoxy groups -OCH3 is 2. The van der Waals surface area contributed by atoms with Gasteiger partial charge in [0.25, 0.3) is 0 Å². The number of quaternary nitrogens is 1. The second-order valence-electron chi connectivity index (χ2n) is 6.47. The SMILES string of the molecule is COc1cc(F)c(S(=O)(=O)[N-]c2ccccc2C[NH+]2CCCC2)cc1OC. The van der Waals surface area contributed by atoms with E-state index in [1.807, 2.05) is 12.1 Å². The highest BCUT2D eigenvalue weighted by Crippen LogP contribution is 2.36. The molecular formula is C19H23FN2O4S. The minimum absolute atomic E-state index is 0.118. The molecule has 1 aliphatic rings. The molecule has 1 heterocycles. The van der Waals surface area contributed by atoms with Gasteiger partial charge in [0.05, 0.1) is 32.2 Å². The predicted molar refractivity (Wildman–Crippen MR) is 99.8 cm³/mol. The van der Waals surface area contributed by atoms with Crippen molar-refractivity contribution in [1.29, 1.82) is 0 Å². The van der Waals surface area contributed by atoms with Crippen molar-refractivity contribution in [3.63, 3.8) is 0 Å². The lowest BCUT2D eigenvalue weighted by Gasteiger charge is -2.26. The Bertz CT molecular complexity index is 912. The van der Waals surface area contributed by atoms with Gasteiger partial charge in [0.15, 0.2) is 11.5 Å². The molecule has 1 saturated heterocycles. The summed E-state index contributed by atoms with van der Waals surface area (Å²) in [4.78, 5) is 0.857. The first-order chi connectivity index (χ1) is 12.9. The van der Waals surface area contributed by atoms with Crippen LogP contribution in [0.4, 0.5) is 10.1 Å². The Hall–Kier alpha value is -2.32. The van der Waals surface area contributed by atoms with Crippen molar-refractivity contribution in [2.75, 3.05) is 27.3 Å². The van der Waals surface area contributed by atoms with E-state index < -0.39 is 20.7 Å². The Morgan fingerprint density at radius 1 is 1.07 bits per heavy atom. The maximum absolute atomic E-state index is 14.4. The van der Waals surface area contributed by atoms with Crippen LogP contribution >= 0.6 is 0 Å². The van der Waals surface area contributed by atoms with E-state index in [0.717, 1.165) is 30.8 Å². The van der Waals surface area contributed by atoms with Crippen molar-refractivity contribution in [1.82, 2.24) is 0 Å². The monoisotopic (exact) mass is 394 g/mol. The Labute approximate surface area is 159 Å². The molecule has 0 bridgehead atoms. The third-order valence-corrected chi connectivity index (χ3v) is 5.98. The largest absolute Gasteiger partial charge is 0.572 e. The van der Waals surface area contributed by atoms with Crippen molar-refractivity contribution in [3.8, 4) is 11.5 Å². The van der Waals surface area contributed by atoms with Gasteiger partial charge >= 0.3 is 0 Å². The molecule has 0 aromatic heterocycles. The molecule has 0 aliphatic carbocycles. The van der Waals surface area contributed by atoms with E-state index in [0.29, 0.717) is 12.2 Å². The number of hydrogen-bond donors (Lipinski definition) is 1. The van der Waals surface area contributed by atoms with Crippen molar-refractivity contribution >= 4 is 15.7 Å². The number of benzene rings is 2. The number of ether oxygens (including phenoxy) is 2. The summed E-state index contributed by atoms with van der Waals surface area (Å²) < 4.78 is 53.9. The number of likely N-dealkylation sites (tertiary alicyclic amines) is 1. The maximum atomic E-state index is 14.4. The topological polar surface area (TPSA) is 71.1 Å². The second-order valence-corrected chi connectivity index (χ2v) is 8.04. The van der Waals surface area contributed by atoms with E-state index in [4.69, 9.17) is 9.47 Å². The van der Waals surface area contributed by atoms with Gasteiger partial charge in [-0.1, -0.05) is 24.3 Å². The first kappa shape index (κ1) is 19.4. The molecule has 146 valence electrons. The number of halogens is 1. The van der Waals surface area contributed by atoms with Crippen molar-refractivity contribution < 1.29 is 27.2 Å². The molecule has 3 rings (SSSR count). The molecule has 6 nitrogen and oxygen atoms in total. The van der Waals surface area contributed by atoms with E-state index >= 15 is 0 Å². The number of nitrogens with one attached hydrogen (secondary N) is 1. The Balaban J connectivity index is 1.91. The van der Waals surface area contributed by atoms with Gasteiger partial charge in [-0.05, 0) is 5.56 Å². The summed E-state index contributed by atoms with van der Waals surface area (Å²) >= 11 is 0. The molecule has 0 spiro atoms. The predicted octanol–water partition coefficient (Wildman–Crippen LogP) is 2.42. The molecule has 2 aromatic carbocycles. The minimum Gasteiger partial charge on any atom is -0.572 e. The van der Waals surface area contributed by atoms with Crippen LogP contribution in [-0.2, 0) is 16.6 Å². The summed E-state index contributed by atoms with van der Waals surface area (Å²) in [6.45, 7) is 2.82. The van der Waals surface area contributed by atoms with E-state index in [1.54, 1.807) is 12.1 Å². The van der Waals surface area contributed by atoms with Crippen LogP contribution in [0.3, 0.4) is 0 Å². The van der Waals surface area contributed by atoms with Crippen LogP contribution in [0.1, 0.15) is 18.4 Å². The van der Waals surface area contributed by atoms with Gasteiger partial charge < -0.3 is 19.1 Å². The maximum Gasteiger partial charge on any atom is 0.163 e. The summed E-state index contributed by atoms with van der Waals surface area (Å²) in [6.07, 6.45) is 2.34. The summed E-state index contributed by atoms with van der Waals surface area (Å²) in [5.41, 5.74) is 1.17. The first-order valence-corrected chi connectivity index (χ1v) is 10.2. The number of rotatable bonds is 7. The zero-order valence-electron chi connectivity index (χ0n) is 15.4. The van der Waals surface area contributed by atoms with Crippen LogP contribution in [-0.4, -0.2) is 35.7 Å². The third kappa shape index (κ3) is 4.33. The van der Waals surface area contributed by atoms with E-state index in [-0.39, 0.29) is 11.5 Å². The van der Waals surface area contributed by atoms with Crippen LogP contribution in [0.5, 0.6) is 11.5 Å². The Morgan fingerprint density at radius 2 is 1.70 bits per heavy atom. The smallest absolute Gasteiger partial charge is 0.163 e. The molecule has 0 saturated carbocycles. The highest BCUT2D eigenvalue weighted by atomic mass is 32.2. The fraction of sp³-hybridized carbons (Fsp3) is 0.368. The van der Waals surface area contributed by atoms with E-state index in [1.165, 1.54) is 32.0 Å².